The normalized spacial score (nSPS) is 18.9. The smallest absolute Gasteiger partial charge is 0.123 e. The lowest BCUT2D eigenvalue weighted by atomic mass is 9.95. The van der Waals surface area contributed by atoms with Crippen molar-refractivity contribution in [3.63, 3.8) is 0 Å². The summed E-state index contributed by atoms with van der Waals surface area (Å²) in [6, 6.07) is 12.9. The second kappa shape index (κ2) is 6.14. The monoisotopic (exact) mass is 270 g/mol. The molecule has 20 heavy (non-hydrogen) atoms. The van der Waals surface area contributed by atoms with E-state index in [0.29, 0.717) is 5.92 Å². The summed E-state index contributed by atoms with van der Waals surface area (Å²) in [5.74, 6) is 0.334. The maximum Gasteiger partial charge on any atom is 0.123 e. The number of aromatic nitrogens is 1. The Bertz CT molecular complexity index is 559. The highest BCUT2D eigenvalue weighted by Crippen LogP contribution is 2.22. The number of nitrogens with one attached hydrogen (secondary N) is 1. The van der Waals surface area contributed by atoms with Crippen molar-refractivity contribution >= 4 is 0 Å². The second-order valence-corrected chi connectivity index (χ2v) is 5.40. The van der Waals surface area contributed by atoms with E-state index in [-0.39, 0.29) is 5.82 Å². The third-order valence-electron chi connectivity index (χ3n) is 3.84. The maximum absolute atomic E-state index is 12.9. The molecule has 3 rings (SSSR count). The van der Waals surface area contributed by atoms with Crippen molar-refractivity contribution in [3.8, 4) is 0 Å². The van der Waals surface area contributed by atoms with Crippen LogP contribution in [-0.2, 0) is 6.42 Å². The first-order valence-electron chi connectivity index (χ1n) is 7.22. The minimum atomic E-state index is -0.191. The molecule has 2 heterocycles. The van der Waals surface area contributed by atoms with E-state index >= 15 is 0 Å². The van der Waals surface area contributed by atoms with Gasteiger partial charge in [0.25, 0.3) is 0 Å². The van der Waals surface area contributed by atoms with Crippen molar-refractivity contribution in [2.75, 3.05) is 13.1 Å². The predicted molar refractivity (Wildman–Crippen MR) is 78.3 cm³/mol. The van der Waals surface area contributed by atoms with Crippen LogP contribution in [0.15, 0.2) is 42.5 Å². The van der Waals surface area contributed by atoms with Gasteiger partial charge in [-0.15, -0.1) is 0 Å². The van der Waals surface area contributed by atoms with E-state index in [0.717, 1.165) is 30.8 Å². The third-order valence-corrected chi connectivity index (χ3v) is 3.84. The molecule has 0 aliphatic carbocycles. The average Bonchev–Trinajstić information content (AvgIpc) is 2.51. The number of benzene rings is 1. The molecule has 104 valence electrons. The summed E-state index contributed by atoms with van der Waals surface area (Å²) in [4.78, 5) is 4.78. The van der Waals surface area contributed by atoms with Gasteiger partial charge in [-0.05, 0) is 49.2 Å². The summed E-state index contributed by atoms with van der Waals surface area (Å²) < 4.78 is 12.9. The highest BCUT2D eigenvalue weighted by Gasteiger charge is 2.16. The first kappa shape index (κ1) is 13.3. The summed E-state index contributed by atoms with van der Waals surface area (Å²) >= 11 is 0. The summed E-state index contributed by atoms with van der Waals surface area (Å²) in [7, 11) is 0. The van der Waals surface area contributed by atoms with E-state index < -0.39 is 0 Å². The Morgan fingerprint density at radius 3 is 2.75 bits per heavy atom. The summed E-state index contributed by atoms with van der Waals surface area (Å²) in [6.45, 7) is 2.14. The lowest BCUT2D eigenvalue weighted by Crippen LogP contribution is -2.28. The van der Waals surface area contributed by atoms with E-state index in [2.05, 4.69) is 17.4 Å². The molecule has 0 amide bonds. The average molecular weight is 270 g/mol. The minimum Gasteiger partial charge on any atom is -0.316 e. The van der Waals surface area contributed by atoms with Gasteiger partial charge in [0.1, 0.15) is 5.82 Å². The Kier molecular flexibility index (Phi) is 4.07. The standard InChI is InChI=1S/C17H19FN2/c18-15-8-6-13(7-9-15)11-16-4-1-5-17(20-16)14-3-2-10-19-12-14/h1,4-9,14,19H,2-3,10-12H2. The molecule has 0 saturated carbocycles. The fourth-order valence-corrected chi connectivity index (χ4v) is 2.74. The molecular formula is C17H19FN2. The number of halogens is 1. The maximum atomic E-state index is 12.9. The van der Waals surface area contributed by atoms with Crippen LogP contribution in [0, 0.1) is 5.82 Å². The van der Waals surface area contributed by atoms with Gasteiger partial charge in [-0.2, -0.15) is 0 Å². The number of pyridine rings is 1. The molecule has 0 spiro atoms. The molecule has 3 heteroatoms. The number of hydrogen-bond donors (Lipinski definition) is 1. The van der Waals surface area contributed by atoms with Crippen molar-refractivity contribution in [2.24, 2.45) is 0 Å². The van der Waals surface area contributed by atoms with Crippen LogP contribution in [0.2, 0.25) is 0 Å². The Labute approximate surface area is 119 Å². The first-order chi connectivity index (χ1) is 9.81. The zero-order valence-corrected chi connectivity index (χ0v) is 11.5. The molecular weight excluding hydrogens is 251 g/mol. The Morgan fingerprint density at radius 1 is 1.15 bits per heavy atom. The lowest BCUT2D eigenvalue weighted by molar-refractivity contribution is 0.454. The minimum absolute atomic E-state index is 0.191. The molecule has 2 aromatic rings. The molecule has 1 atom stereocenters. The van der Waals surface area contributed by atoms with Gasteiger partial charge in [-0.25, -0.2) is 4.39 Å². The van der Waals surface area contributed by atoms with Gasteiger partial charge in [0.2, 0.25) is 0 Å². The molecule has 1 aliphatic rings. The fourth-order valence-electron chi connectivity index (χ4n) is 2.74. The molecule has 1 N–H and O–H groups in total. The van der Waals surface area contributed by atoms with Gasteiger partial charge in [-0.3, -0.25) is 4.98 Å². The van der Waals surface area contributed by atoms with Crippen LogP contribution in [-0.4, -0.2) is 18.1 Å². The first-order valence-corrected chi connectivity index (χ1v) is 7.22. The Balaban J connectivity index is 1.75. The van der Waals surface area contributed by atoms with Crippen LogP contribution in [0.4, 0.5) is 4.39 Å². The molecule has 2 nitrogen and oxygen atoms in total. The van der Waals surface area contributed by atoms with E-state index in [1.165, 1.54) is 30.7 Å². The van der Waals surface area contributed by atoms with E-state index in [9.17, 15) is 4.39 Å². The van der Waals surface area contributed by atoms with Crippen molar-refractivity contribution in [1.82, 2.24) is 10.3 Å². The summed E-state index contributed by atoms with van der Waals surface area (Å²) in [5.41, 5.74) is 3.33. The van der Waals surface area contributed by atoms with Crippen LogP contribution in [0.1, 0.15) is 35.7 Å². The van der Waals surface area contributed by atoms with Crippen molar-refractivity contribution in [2.45, 2.75) is 25.2 Å². The zero-order valence-electron chi connectivity index (χ0n) is 11.5. The number of rotatable bonds is 3. The van der Waals surface area contributed by atoms with Gasteiger partial charge >= 0.3 is 0 Å². The molecule has 1 aliphatic heterocycles. The van der Waals surface area contributed by atoms with E-state index in [1.807, 2.05) is 18.2 Å². The van der Waals surface area contributed by atoms with Crippen LogP contribution in [0.5, 0.6) is 0 Å². The van der Waals surface area contributed by atoms with Gasteiger partial charge in [-0.1, -0.05) is 18.2 Å². The van der Waals surface area contributed by atoms with E-state index in [4.69, 9.17) is 4.98 Å². The summed E-state index contributed by atoms with van der Waals surface area (Å²) in [5, 5.41) is 3.43. The van der Waals surface area contributed by atoms with Crippen molar-refractivity contribution < 1.29 is 4.39 Å². The lowest BCUT2D eigenvalue weighted by Gasteiger charge is -2.22. The topological polar surface area (TPSA) is 24.9 Å². The van der Waals surface area contributed by atoms with Gasteiger partial charge in [0, 0.05) is 30.3 Å². The number of nitrogens with zero attached hydrogens (tertiary/aromatic N) is 1. The van der Waals surface area contributed by atoms with Crippen LogP contribution >= 0.6 is 0 Å². The fraction of sp³-hybridized carbons (Fsp3) is 0.353. The van der Waals surface area contributed by atoms with Crippen molar-refractivity contribution in [3.05, 3.63) is 65.2 Å². The Hall–Kier alpha value is -1.74. The van der Waals surface area contributed by atoms with Crippen LogP contribution < -0.4 is 5.32 Å². The highest BCUT2D eigenvalue weighted by atomic mass is 19.1. The van der Waals surface area contributed by atoms with Crippen molar-refractivity contribution in [1.29, 1.82) is 0 Å². The predicted octanol–water partition coefficient (Wildman–Crippen LogP) is 3.28. The second-order valence-electron chi connectivity index (χ2n) is 5.40. The molecule has 0 radical (unpaired) electrons. The molecule has 0 bridgehead atoms. The quantitative estimate of drug-likeness (QED) is 0.926. The van der Waals surface area contributed by atoms with Gasteiger partial charge in [0.05, 0.1) is 0 Å². The number of piperidine rings is 1. The Morgan fingerprint density at radius 2 is 2.00 bits per heavy atom. The van der Waals surface area contributed by atoms with Crippen LogP contribution in [0.3, 0.4) is 0 Å². The van der Waals surface area contributed by atoms with Gasteiger partial charge in [0.15, 0.2) is 0 Å². The zero-order chi connectivity index (χ0) is 13.8. The molecule has 1 fully saturated rings. The summed E-state index contributed by atoms with van der Waals surface area (Å²) in [6.07, 6.45) is 3.18. The molecule has 1 saturated heterocycles. The van der Waals surface area contributed by atoms with Crippen LogP contribution in [0.25, 0.3) is 0 Å². The molecule has 1 aromatic carbocycles. The largest absolute Gasteiger partial charge is 0.316 e. The SMILES string of the molecule is Fc1ccc(Cc2cccc(C3CCCNC3)n2)cc1. The molecule has 1 aromatic heterocycles. The van der Waals surface area contributed by atoms with E-state index in [1.54, 1.807) is 0 Å². The third kappa shape index (κ3) is 3.23. The number of hydrogen-bond acceptors (Lipinski definition) is 2. The van der Waals surface area contributed by atoms with Gasteiger partial charge < -0.3 is 5.32 Å². The highest BCUT2D eigenvalue weighted by molar-refractivity contribution is 5.24. The molecule has 1 unspecified atom stereocenters.